The molecular weight excluding hydrogens is 294 g/mol. The average Bonchev–Trinajstić information content (AvgIpc) is 3.09. The number of benzene rings is 1. The Balaban J connectivity index is 1.78. The molecule has 0 saturated heterocycles. The van der Waals surface area contributed by atoms with Crippen LogP contribution >= 0.6 is 0 Å². The number of amides is 2. The molecule has 1 heterocycles. The number of rotatable bonds is 8. The highest BCUT2D eigenvalue weighted by Gasteiger charge is 2.09. The van der Waals surface area contributed by atoms with Gasteiger partial charge in [0.25, 0.3) is 0 Å². The van der Waals surface area contributed by atoms with Gasteiger partial charge < -0.3 is 15.4 Å². The predicted octanol–water partition coefficient (Wildman–Crippen LogP) is 2.05. The third-order valence-electron chi connectivity index (χ3n) is 3.38. The molecule has 124 valence electrons. The Labute approximate surface area is 136 Å². The first-order valence-corrected chi connectivity index (χ1v) is 7.77. The molecule has 2 aromatic rings. The quantitative estimate of drug-likeness (QED) is 0.730. The normalized spacial score (nSPS) is 11.9. The summed E-state index contributed by atoms with van der Waals surface area (Å²) in [4.78, 5) is 15.7. The number of hydrogen-bond acceptors (Lipinski definition) is 4. The molecule has 0 fully saturated rings. The summed E-state index contributed by atoms with van der Waals surface area (Å²) in [7, 11) is 0. The summed E-state index contributed by atoms with van der Waals surface area (Å²) in [6.07, 6.45) is 3.95. The van der Waals surface area contributed by atoms with E-state index < -0.39 is 0 Å². The van der Waals surface area contributed by atoms with Crippen LogP contribution in [0.15, 0.2) is 36.9 Å². The van der Waals surface area contributed by atoms with Gasteiger partial charge in [0.15, 0.2) is 0 Å². The number of nitrogens with one attached hydrogen (secondary N) is 2. The number of urea groups is 1. The molecule has 1 atom stereocenters. The van der Waals surface area contributed by atoms with E-state index >= 15 is 0 Å². The number of carbonyl (C=O) groups is 1. The topological polar surface area (TPSA) is 81.1 Å². The van der Waals surface area contributed by atoms with Gasteiger partial charge in [-0.05, 0) is 38.0 Å². The second kappa shape index (κ2) is 8.89. The Kier molecular flexibility index (Phi) is 6.56. The molecule has 0 aliphatic rings. The lowest BCUT2D eigenvalue weighted by Crippen LogP contribution is -2.37. The lowest BCUT2D eigenvalue weighted by molar-refractivity contribution is 0.145. The fraction of sp³-hybridized carbons (Fsp3) is 0.438. The molecular formula is C16H23N5O2. The maximum atomic E-state index is 11.8. The zero-order valence-electron chi connectivity index (χ0n) is 13.5. The molecule has 1 aromatic carbocycles. The van der Waals surface area contributed by atoms with Crippen LogP contribution in [0.2, 0.25) is 0 Å². The summed E-state index contributed by atoms with van der Waals surface area (Å²) in [5.41, 5.74) is 1.96. The van der Waals surface area contributed by atoms with Gasteiger partial charge in [-0.3, -0.25) is 0 Å². The van der Waals surface area contributed by atoms with Gasteiger partial charge in [0, 0.05) is 19.8 Å². The Morgan fingerprint density at radius 1 is 1.35 bits per heavy atom. The SMILES string of the molecule is CCOCCCNC(=O)N[C@H](C)c1ccc(-n2cncn2)cc1. The summed E-state index contributed by atoms with van der Waals surface area (Å²) in [6.45, 7) is 5.87. The van der Waals surface area contributed by atoms with E-state index in [9.17, 15) is 4.79 Å². The van der Waals surface area contributed by atoms with Crippen molar-refractivity contribution in [2.75, 3.05) is 19.8 Å². The van der Waals surface area contributed by atoms with Crippen LogP contribution in [0.5, 0.6) is 0 Å². The van der Waals surface area contributed by atoms with Crippen LogP contribution in [-0.2, 0) is 4.74 Å². The third-order valence-corrected chi connectivity index (χ3v) is 3.38. The minimum absolute atomic E-state index is 0.0771. The number of aromatic nitrogens is 3. The largest absolute Gasteiger partial charge is 0.382 e. The maximum absolute atomic E-state index is 11.8. The minimum Gasteiger partial charge on any atom is -0.382 e. The zero-order chi connectivity index (χ0) is 16.5. The summed E-state index contributed by atoms with van der Waals surface area (Å²) in [6, 6.07) is 7.58. The lowest BCUT2D eigenvalue weighted by Gasteiger charge is -2.15. The monoisotopic (exact) mass is 317 g/mol. The van der Waals surface area contributed by atoms with E-state index in [0.717, 1.165) is 17.7 Å². The second-order valence-electron chi connectivity index (χ2n) is 5.10. The van der Waals surface area contributed by atoms with Crippen molar-refractivity contribution in [3.05, 3.63) is 42.5 Å². The van der Waals surface area contributed by atoms with Crippen LogP contribution in [0.4, 0.5) is 4.79 Å². The van der Waals surface area contributed by atoms with E-state index in [4.69, 9.17) is 4.74 Å². The molecule has 7 heteroatoms. The standard InChI is InChI=1S/C16H23N5O2/c1-3-23-10-4-9-18-16(22)20-13(2)14-5-7-15(8-6-14)21-12-17-11-19-21/h5-8,11-13H,3-4,9-10H2,1-2H3,(H2,18,20,22)/t13-/m1/s1. The molecule has 0 aliphatic heterocycles. The van der Waals surface area contributed by atoms with Gasteiger partial charge in [-0.2, -0.15) is 5.10 Å². The van der Waals surface area contributed by atoms with E-state index in [1.165, 1.54) is 6.33 Å². The molecule has 0 saturated carbocycles. The fourth-order valence-corrected chi connectivity index (χ4v) is 2.11. The maximum Gasteiger partial charge on any atom is 0.315 e. The highest BCUT2D eigenvalue weighted by atomic mass is 16.5. The van der Waals surface area contributed by atoms with Crippen molar-refractivity contribution in [1.29, 1.82) is 0 Å². The molecule has 2 rings (SSSR count). The first-order valence-electron chi connectivity index (χ1n) is 7.77. The van der Waals surface area contributed by atoms with E-state index in [2.05, 4.69) is 20.7 Å². The Bertz CT molecular complexity index is 583. The Morgan fingerprint density at radius 3 is 2.78 bits per heavy atom. The Hall–Kier alpha value is -2.41. The van der Waals surface area contributed by atoms with Crippen molar-refractivity contribution in [3.8, 4) is 5.69 Å². The van der Waals surface area contributed by atoms with Gasteiger partial charge in [-0.1, -0.05) is 12.1 Å². The molecule has 0 radical (unpaired) electrons. The van der Waals surface area contributed by atoms with Crippen molar-refractivity contribution in [1.82, 2.24) is 25.4 Å². The van der Waals surface area contributed by atoms with Crippen LogP contribution in [0, 0.1) is 0 Å². The first kappa shape index (κ1) is 17.0. The van der Waals surface area contributed by atoms with Crippen molar-refractivity contribution < 1.29 is 9.53 Å². The summed E-state index contributed by atoms with van der Waals surface area (Å²) >= 11 is 0. The van der Waals surface area contributed by atoms with Crippen molar-refractivity contribution >= 4 is 6.03 Å². The number of carbonyl (C=O) groups excluding carboxylic acids is 1. The summed E-state index contributed by atoms with van der Waals surface area (Å²) in [5, 5.41) is 9.82. The predicted molar refractivity (Wildman–Crippen MR) is 87.4 cm³/mol. The van der Waals surface area contributed by atoms with Crippen molar-refractivity contribution in [2.24, 2.45) is 0 Å². The summed E-state index contributed by atoms with van der Waals surface area (Å²) in [5.74, 6) is 0. The molecule has 7 nitrogen and oxygen atoms in total. The molecule has 0 spiro atoms. The number of ether oxygens (including phenoxy) is 1. The van der Waals surface area contributed by atoms with E-state index in [1.54, 1.807) is 11.0 Å². The molecule has 2 amide bonds. The van der Waals surface area contributed by atoms with Crippen molar-refractivity contribution in [2.45, 2.75) is 26.3 Å². The van der Waals surface area contributed by atoms with Crippen LogP contribution < -0.4 is 10.6 Å². The number of nitrogens with zero attached hydrogens (tertiary/aromatic N) is 3. The zero-order valence-corrected chi connectivity index (χ0v) is 13.5. The smallest absolute Gasteiger partial charge is 0.315 e. The van der Waals surface area contributed by atoms with Gasteiger partial charge in [-0.25, -0.2) is 14.5 Å². The molecule has 0 bridgehead atoms. The highest BCUT2D eigenvalue weighted by Crippen LogP contribution is 2.14. The summed E-state index contributed by atoms with van der Waals surface area (Å²) < 4.78 is 6.91. The van der Waals surface area contributed by atoms with Crippen LogP contribution in [0.1, 0.15) is 31.9 Å². The van der Waals surface area contributed by atoms with E-state index in [0.29, 0.717) is 19.8 Å². The van der Waals surface area contributed by atoms with E-state index in [1.807, 2.05) is 38.1 Å². The molecule has 0 aliphatic carbocycles. The minimum atomic E-state index is -0.172. The highest BCUT2D eigenvalue weighted by molar-refractivity contribution is 5.74. The van der Waals surface area contributed by atoms with Crippen LogP contribution in [0.3, 0.4) is 0 Å². The molecule has 23 heavy (non-hydrogen) atoms. The molecule has 0 unspecified atom stereocenters. The average molecular weight is 317 g/mol. The van der Waals surface area contributed by atoms with Crippen molar-refractivity contribution in [3.63, 3.8) is 0 Å². The van der Waals surface area contributed by atoms with Crippen LogP contribution in [0.25, 0.3) is 5.69 Å². The van der Waals surface area contributed by atoms with Gasteiger partial charge in [0.2, 0.25) is 0 Å². The van der Waals surface area contributed by atoms with Gasteiger partial charge in [0.05, 0.1) is 11.7 Å². The molecule has 1 aromatic heterocycles. The van der Waals surface area contributed by atoms with Gasteiger partial charge >= 0.3 is 6.03 Å². The van der Waals surface area contributed by atoms with Crippen LogP contribution in [-0.4, -0.2) is 40.6 Å². The lowest BCUT2D eigenvalue weighted by atomic mass is 10.1. The van der Waals surface area contributed by atoms with Gasteiger partial charge in [-0.15, -0.1) is 0 Å². The third kappa shape index (κ3) is 5.37. The Morgan fingerprint density at radius 2 is 2.13 bits per heavy atom. The van der Waals surface area contributed by atoms with E-state index in [-0.39, 0.29) is 12.1 Å². The molecule has 2 N–H and O–H groups in total. The number of hydrogen-bond donors (Lipinski definition) is 2. The van der Waals surface area contributed by atoms with Gasteiger partial charge in [0.1, 0.15) is 12.7 Å². The second-order valence-corrected chi connectivity index (χ2v) is 5.10. The fourth-order valence-electron chi connectivity index (χ4n) is 2.11. The first-order chi connectivity index (χ1) is 11.2.